The minimum atomic E-state index is -0.193. The highest BCUT2D eigenvalue weighted by atomic mass is 16.5. The fraction of sp³-hybridized carbons (Fsp3) is 0.208. The Balaban J connectivity index is 1.62. The lowest BCUT2D eigenvalue weighted by molar-refractivity contribution is -0.117. The molecule has 0 fully saturated rings. The third-order valence-electron chi connectivity index (χ3n) is 5.22. The van der Waals surface area contributed by atoms with E-state index in [0.29, 0.717) is 5.88 Å². The zero-order valence-electron chi connectivity index (χ0n) is 17.3. The molecule has 2 heterocycles. The van der Waals surface area contributed by atoms with E-state index < -0.39 is 0 Å². The van der Waals surface area contributed by atoms with Crippen LogP contribution in [0.1, 0.15) is 30.4 Å². The summed E-state index contributed by atoms with van der Waals surface area (Å²) in [6.45, 7) is 4.01. The van der Waals surface area contributed by atoms with Crippen molar-refractivity contribution < 1.29 is 9.53 Å². The zero-order valence-corrected chi connectivity index (χ0v) is 17.3. The van der Waals surface area contributed by atoms with E-state index in [9.17, 15) is 4.79 Å². The number of imidazole rings is 1. The predicted octanol–water partition coefficient (Wildman–Crippen LogP) is 4.85. The van der Waals surface area contributed by atoms with Crippen LogP contribution in [0.15, 0.2) is 66.9 Å². The number of aryl methyl sites for hydroxylation is 1. The molecule has 6 nitrogen and oxygen atoms in total. The number of anilines is 1. The second-order valence-corrected chi connectivity index (χ2v) is 7.20. The Morgan fingerprint density at radius 3 is 2.67 bits per heavy atom. The summed E-state index contributed by atoms with van der Waals surface area (Å²) in [5.74, 6) is 0.321. The average Bonchev–Trinajstić information content (AvgIpc) is 3.20. The van der Waals surface area contributed by atoms with Crippen molar-refractivity contribution in [2.75, 3.05) is 12.4 Å². The van der Waals surface area contributed by atoms with Crippen LogP contribution in [-0.4, -0.2) is 27.6 Å². The van der Waals surface area contributed by atoms with Gasteiger partial charge >= 0.3 is 0 Å². The number of carbonyl (C=O) groups excluding carboxylic acids is 1. The molecule has 1 N–H and O–H groups in total. The SMILES string of the molecule is CC[C@@H](C(=O)Nc1cc(-c2cn3nc(OC)ccc3n2)ccc1C)c1ccccc1. The Kier molecular flexibility index (Phi) is 5.48. The molecule has 30 heavy (non-hydrogen) atoms. The maximum Gasteiger partial charge on any atom is 0.231 e. The van der Waals surface area contributed by atoms with E-state index in [1.165, 1.54) is 0 Å². The van der Waals surface area contributed by atoms with Gasteiger partial charge in [-0.2, -0.15) is 0 Å². The molecule has 2 aromatic heterocycles. The van der Waals surface area contributed by atoms with Crippen LogP contribution in [0.4, 0.5) is 5.69 Å². The number of nitrogens with zero attached hydrogens (tertiary/aromatic N) is 3. The fourth-order valence-corrected chi connectivity index (χ4v) is 3.51. The highest BCUT2D eigenvalue weighted by molar-refractivity contribution is 5.97. The summed E-state index contributed by atoms with van der Waals surface area (Å²) >= 11 is 0. The molecule has 0 aliphatic carbocycles. The van der Waals surface area contributed by atoms with Gasteiger partial charge in [-0.05, 0) is 36.6 Å². The van der Waals surface area contributed by atoms with Crippen molar-refractivity contribution in [1.82, 2.24) is 14.6 Å². The first-order valence-electron chi connectivity index (χ1n) is 9.96. The van der Waals surface area contributed by atoms with Gasteiger partial charge in [-0.25, -0.2) is 9.50 Å². The zero-order chi connectivity index (χ0) is 21.1. The van der Waals surface area contributed by atoms with E-state index in [0.717, 1.165) is 40.1 Å². The van der Waals surface area contributed by atoms with Gasteiger partial charge in [0, 0.05) is 17.3 Å². The Bertz CT molecular complexity index is 1180. The van der Waals surface area contributed by atoms with Gasteiger partial charge < -0.3 is 10.1 Å². The molecule has 0 aliphatic heterocycles. The molecule has 152 valence electrons. The van der Waals surface area contributed by atoms with Crippen molar-refractivity contribution in [3.63, 3.8) is 0 Å². The quantitative estimate of drug-likeness (QED) is 0.503. The smallest absolute Gasteiger partial charge is 0.231 e. The summed E-state index contributed by atoms with van der Waals surface area (Å²) in [5.41, 5.74) is 5.22. The normalized spacial score (nSPS) is 12.0. The number of amides is 1. The molecule has 0 saturated carbocycles. The summed E-state index contributed by atoms with van der Waals surface area (Å²) in [6, 6.07) is 19.5. The molecule has 4 aromatic rings. The Labute approximate surface area is 175 Å². The lowest BCUT2D eigenvalue weighted by Crippen LogP contribution is -2.21. The molecule has 0 radical (unpaired) electrons. The monoisotopic (exact) mass is 400 g/mol. The minimum Gasteiger partial charge on any atom is -0.480 e. The molecule has 2 aromatic carbocycles. The largest absolute Gasteiger partial charge is 0.480 e. The van der Waals surface area contributed by atoms with Gasteiger partial charge in [0.1, 0.15) is 0 Å². The molecule has 0 bridgehead atoms. The number of nitrogens with one attached hydrogen (secondary N) is 1. The summed E-state index contributed by atoms with van der Waals surface area (Å²) in [7, 11) is 1.58. The van der Waals surface area contributed by atoms with Crippen molar-refractivity contribution in [2.24, 2.45) is 0 Å². The Morgan fingerprint density at radius 1 is 1.13 bits per heavy atom. The third-order valence-corrected chi connectivity index (χ3v) is 5.22. The molecule has 0 unspecified atom stereocenters. The van der Waals surface area contributed by atoms with Crippen LogP contribution in [-0.2, 0) is 4.79 Å². The maximum atomic E-state index is 13.0. The van der Waals surface area contributed by atoms with Gasteiger partial charge in [0.15, 0.2) is 5.65 Å². The van der Waals surface area contributed by atoms with E-state index >= 15 is 0 Å². The number of benzene rings is 2. The lowest BCUT2D eigenvalue weighted by atomic mass is 9.95. The lowest BCUT2D eigenvalue weighted by Gasteiger charge is -2.17. The number of hydrogen-bond acceptors (Lipinski definition) is 4. The number of rotatable bonds is 6. The van der Waals surface area contributed by atoms with Crippen LogP contribution < -0.4 is 10.1 Å². The van der Waals surface area contributed by atoms with Crippen LogP contribution in [0, 0.1) is 6.92 Å². The molecule has 0 spiro atoms. The molecule has 1 atom stereocenters. The van der Waals surface area contributed by atoms with E-state index in [-0.39, 0.29) is 11.8 Å². The first-order chi connectivity index (χ1) is 14.6. The fourth-order valence-electron chi connectivity index (χ4n) is 3.51. The van der Waals surface area contributed by atoms with Crippen molar-refractivity contribution in [3.8, 4) is 17.1 Å². The van der Waals surface area contributed by atoms with Gasteiger partial charge in [0.05, 0.1) is 24.9 Å². The van der Waals surface area contributed by atoms with Gasteiger partial charge in [-0.3, -0.25) is 4.79 Å². The van der Waals surface area contributed by atoms with Gasteiger partial charge in [0.25, 0.3) is 0 Å². The molecule has 4 rings (SSSR count). The molecular weight excluding hydrogens is 376 g/mol. The summed E-state index contributed by atoms with van der Waals surface area (Å²) in [4.78, 5) is 17.6. The van der Waals surface area contributed by atoms with E-state index in [4.69, 9.17) is 4.74 Å². The summed E-state index contributed by atoms with van der Waals surface area (Å²) < 4.78 is 6.87. The maximum absolute atomic E-state index is 13.0. The highest BCUT2D eigenvalue weighted by Crippen LogP contribution is 2.27. The van der Waals surface area contributed by atoms with Crippen LogP contribution >= 0.6 is 0 Å². The van der Waals surface area contributed by atoms with Crippen molar-refractivity contribution in [3.05, 3.63) is 78.0 Å². The van der Waals surface area contributed by atoms with Gasteiger partial charge in [0.2, 0.25) is 11.8 Å². The van der Waals surface area contributed by atoms with Crippen molar-refractivity contribution >= 4 is 17.2 Å². The Hall–Kier alpha value is -3.67. The number of aromatic nitrogens is 3. The van der Waals surface area contributed by atoms with Crippen LogP contribution in [0.3, 0.4) is 0 Å². The van der Waals surface area contributed by atoms with E-state index in [2.05, 4.69) is 15.4 Å². The molecule has 0 saturated heterocycles. The predicted molar refractivity (Wildman–Crippen MR) is 118 cm³/mol. The topological polar surface area (TPSA) is 68.5 Å². The van der Waals surface area contributed by atoms with Crippen molar-refractivity contribution in [2.45, 2.75) is 26.2 Å². The Morgan fingerprint density at radius 2 is 1.93 bits per heavy atom. The first kappa shape index (κ1) is 19.6. The van der Waals surface area contributed by atoms with Crippen molar-refractivity contribution in [1.29, 1.82) is 0 Å². The van der Waals surface area contributed by atoms with Crippen LogP contribution in [0.25, 0.3) is 16.9 Å². The standard InChI is InChI=1S/C24H24N4O2/c1-4-19(17-8-6-5-7-9-17)24(29)26-20-14-18(11-10-16(20)2)21-15-28-22(25-21)12-13-23(27-28)30-3/h5-15,19H,4H2,1-3H3,(H,26,29)/t19-/m1/s1. The van der Waals surface area contributed by atoms with E-state index in [1.54, 1.807) is 17.7 Å². The molecular formula is C24H24N4O2. The van der Waals surface area contributed by atoms with E-state index in [1.807, 2.05) is 74.6 Å². The van der Waals surface area contributed by atoms with Gasteiger partial charge in [-0.1, -0.05) is 49.4 Å². The summed E-state index contributed by atoms with van der Waals surface area (Å²) in [5, 5.41) is 7.47. The third kappa shape index (κ3) is 3.89. The number of hydrogen-bond donors (Lipinski definition) is 1. The van der Waals surface area contributed by atoms with Crippen LogP contribution in [0.2, 0.25) is 0 Å². The van der Waals surface area contributed by atoms with Gasteiger partial charge in [-0.15, -0.1) is 5.10 Å². The first-order valence-corrected chi connectivity index (χ1v) is 9.96. The number of fused-ring (bicyclic) bond motifs is 1. The number of carbonyl (C=O) groups is 1. The number of ether oxygens (including phenoxy) is 1. The van der Waals surface area contributed by atoms with Crippen LogP contribution in [0.5, 0.6) is 5.88 Å². The molecule has 6 heteroatoms. The summed E-state index contributed by atoms with van der Waals surface area (Å²) in [6.07, 6.45) is 2.58. The second kappa shape index (κ2) is 8.37. The minimum absolute atomic E-state index is 0.00893. The second-order valence-electron chi connectivity index (χ2n) is 7.20. The molecule has 1 amide bonds. The molecule has 0 aliphatic rings. The average molecular weight is 400 g/mol. The number of methoxy groups -OCH3 is 1. The highest BCUT2D eigenvalue weighted by Gasteiger charge is 2.19.